The molecule has 1 atom stereocenters. The van der Waals surface area contributed by atoms with Crippen molar-refractivity contribution < 1.29 is 13.9 Å². The highest BCUT2D eigenvalue weighted by molar-refractivity contribution is 5.96. The van der Waals surface area contributed by atoms with E-state index in [0.29, 0.717) is 17.9 Å². The van der Waals surface area contributed by atoms with Crippen LogP contribution < -0.4 is 10.1 Å². The topological polar surface area (TPSA) is 38.3 Å². The highest BCUT2D eigenvalue weighted by Gasteiger charge is 2.17. The van der Waals surface area contributed by atoms with Gasteiger partial charge in [-0.05, 0) is 50.0 Å². The average molecular weight is 251 g/mol. The van der Waals surface area contributed by atoms with Gasteiger partial charge in [0.2, 0.25) is 0 Å². The van der Waals surface area contributed by atoms with Crippen LogP contribution >= 0.6 is 0 Å². The molecule has 0 radical (unpaired) electrons. The molecule has 1 aliphatic heterocycles. The monoisotopic (exact) mass is 251 g/mol. The van der Waals surface area contributed by atoms with Crippen molar-refractivity contribution in [3.8, 4) is 5.75 Å². The van der Waals surface area contributed by atoms with Crippen LogP contribution in [0.3, 0.4) is 0 Å². The number of ether oxygens (including phenoxy) is 1. The zero-order chi connectivity index (χ0) is 13.0. The first-order valence-electron chi connectivity index (χ1n) is 6.28. The Morgan fingerprint density at radius 3 is 3.00 bits per heavy atom. The normalized spacial score (nSPS) is 18.9. The van der Waals surface area contributed by atoms with Crippen LogP contribution in [0.2, 0.25) is 0 Å². The summed E-state index contributed by atoms with van der Waals surface area (Å²) in [7, 11) is 1.41. The third kappa shape index (κ3) is 3.07. The third-order valence-electron chi connectivity index (χ3n) is 3.42. The SMILES string of the molecule is COc1ccc(C(=O)CCC2CCNC2)cc1F. The molecule has 0 bridgehead atoms. The Balaban J connectivity index is 1.93. The van der Waals surface area contributed by atoms with Crippen LogP contribution in [0.25, 0.3) is 0 Å². The highest BCUT2D eigenvalue weighted by atomic mass is 19.1. The molecule has 1 fully saturated rings. The third-order valence-corrected chi connectivity index (χ3v) is 3.42. The van der Waals surface area contributed by atoms with E-state index in [1.165, 1.54) is 19.2 Å². The Hall–Kier alpha value is -1.42. The second kappa shape index (κ2) is 5.96. The van der Waals surface area contributed by atoms with Crippen molar-refractivity contribution in [3.05, 3.63) is 29.6 Å². The number of rotatable bonds is 5. The van der Waals surface area contributed by atoms with Gasteiger partial charge in [-0.3, -0.25) is 4.79 Å². The Morgan fingerprint density at radius 1 is 1.56 bits per heavy atom. The molecule has 1 aromatic carbocycles. The van der Waals surface area contributed by atoms with E-state index < -0.39 is 5.82 Å². The first-order valence-corrected chi connectivity index (χ1v) is 6.28. The zero-order valence-electron chi connectivity index (χ0n) is 10.5. The molecule has 0 spiro atoms. The van der Waals surface area contributed by atoms with Crippen LogP contribution in [-0.2, 0) is 0 Å². The molecule has 1 unspecified atom stereocenters. The largest absolute Gasteiger partial charge is 0.494 e. The summed E-state index contributed by atoms with van der Waals surface area (Å²) in [5.41, 5.74) is 0.430. The molecule has 0 aliphatic carbocycles. The summed E-state index contributed by atoms with van der Waals surface area (Å²) in [6, 6.07) is 4.38. The second-order valence-electron chi connectivity index (χ2n) is 4.67. The fourth-order valence-corrected chi connectivity index (χ4v) is 2.28. The molecule has 1 aliphatic rings. The number of Topliss-reactive ketones (excluding diaryl/α,β-unsaturated/α-hetero) is 1. The van der Waals surface area contributed by atoms with E-state index in [-0.39, 0.29) is 11.5 Å². The summed E-state index contributed by atoms with van der Waals surface area (Å²) >= 11 is 0. The smallest absolute Gasteiger partial charge is 0.165 e. The lowest BCUT2D eigenvalue weighted by atomic mass is 9.98. The minimum atomic E-state index is -0.481. The molecule has 1 heterocycles. The van der Waals surface area contributed by atoms with E-state index in [0.717, 1.165) is 25.9 Å². The van der Waals surface area contributed by atoms with Gasteiger partial charge in [0.15, 0.2) is 17.3 Å². The van der Waals surface area contributed by atoms with E-state index in [2.05, 4.69) is 5.32 Å². The number of carbonyl (C=O) groups is 1. The zero-order valence-corrected chi connectivity index (χ0v) is 10.5. The maximum Gasteiger partial charge on any atom is 0.165 e. The van der Waals surface area contributed by atoms with Gasteiger partial charge < -0.3 is 10.1 Å². The number of halogens is 1. The summed E-state index contributed by atoms with van der Waals surface area (Å²) in [6.07, 6.45) is 2.49. The molecule has 18 heavy (non-hydrogen) atoms. The minimum absolute atomic E-state index is 0.00320. The van der Waals surface area contributed by atoms with E-state index in [4.69, 9.17) is 4.74 Å². The number of hydrogen-bond acceptors (Lipinski definition) is 3. The number of ketones is 1. The number of benzene rings is 1. The van der Waals surface area contributed by atoms with Crippen LogP contribution in [0, 0.1) is 11.7 Å². The van der Waals surface area contributed by atoms with E-state index in [1.807, 2.05) is 0 Å². The standard InChI is InChI=1S/C14H18FNO2/c1-18-14-5-3-11(8-12(14)15)13(17)4-2-10-6-7-16-9-10/h3,5,8,10,16H,2,4,6-7,9H2,1H3. The Labute approximate surface area is 106 Å². The first-order chi connectivity index (χ1) is 8.70. The molecule has 1 aromatic rings. The van der Waals surface area contributed by atoms with Gasteiger partial charge in [0.1, 0.15) is 0 Å². The van der Waals surface area contributed by atoms with Gasteiger partial charge in [0, 0.05) is 12.0 Å². The second-order valence-corrected chi connectivity index (χ2v) is 4.67. The van der Waals surface area contributed by atoms with Crippen molar-refractivity contribution in [2.75, 3.05) is 20.2 Å². The average Bonchev–Trinajstić information content (AvgIpc) is 2.89. The number of carbonyl (C=O) groups excluding carboxylic acids is 1. The summed E-state index contributed by atoms with van der Waals surface area (Å²) in [4.78, 5) is 11.9. The molecule has 0 amide bonds. The van der Waals surface area contributed by atoms with Crippen molar-refractivity contribution in [1.29, 1.82) is 0 Å². The van der Waals surface area contributed by atoms with Crippen LogP contribution in [-0.4, -0.2) is 26.0 Å². The maximum atomic E-state index is 13.5. The van der Waals surface area contributed by atoms with Gasteiger partial charge >= 0.3 is 0 Å². The van der Waals surface area contributed by atoms with Gasteiger partial charge in [-0.2, -0.15) is 0 Å². The number of nitrogens with one attached hydrogen (secondary N) is 1. The number of hydrogen-bond donors (Lipinski definition) is 1. The van der Waals surface area contributed by atoms with Crippen molar-refractivity contribution >= 4 is 5.78 Å². The van der Waals surface area contributed by atoms with E-state index in [1.54, 1.807) is 6.07 Å². The lowest BCUT2D eigenvalue weighted by molar-refractivity contribution is 0.0974. The fourth-order valence-electron chi connectivity index (χ4n) is 2.28. The summed E-state index contributed by atoms with van der Waals surface area (Å²) in [5.74, 6) is 0.276. The van der Waals surface area contributed by atoms with Gasteiger partial charge in [0.05, 0.1) is 7.11 Å². The lowest BCUT2D eigenvalue weighted by Crippen LogP contribution is -2.10. The van der Waals surface area contributed by atoms with E-state index >= 15 is 0 Å². The Morgan fingerprint density at radius 2 is 2.39 bits per heavy atom. The maximum absolute atomic E-state index is 13.5. The van der Waals surface area contributed by atoms with E-state index in [9.17, 15) is 9.18 Å². The minimum Gasteiger partial charge on any atom is -0.494 e. The molecule has 3 nitrogen and oxygen atoms in total. The Bertz CT molecular complexity index is 428. The van der Waals surface area contributed by atoms with Crippen molar-refractivity contribution in [2.24, 2.45) is 5.92 Å². The predicted octanol–water partition coefficient (Wildman–Crippen LogP) is 2.41. The van der Waals surface area contributed by atoms with Crippen molar-refractivity contribution in [2.45, 2.75) is 19.3 Å². The van der Waals surface area contributed by atoms with Gasteiger partial charge in [0.25, 0.3) is 0 Å². The lowest BCUT2D eigenvalue weighted by Gasteiger charge is -2.08. The summed E-state index contributed by atoms with van der Waals surface area (Å²) in [5, 5.41) is 3.27. The van der Waals surface area contributed by atoms with Gasteiger partial charge in [-0.1, -0.05) is 0 Å². The fraction of sp³-hybridized carbons (Fsp3) is 0.500. The number of methoxy groups -OCH3 is 1. The predicted molar refractivity (Wildman–Crippen MR) is 67.5 cm³/mol. The van der Waals surface area contributed by atoms with Gasteiger partial charge in [-0.25, -0.2) is 4.39 Å². The van der Waals surface area contributed by atoms with Crippen LogP contribution in [0.15, 0.2) is 18.2 Å². The molecule has 1 N–H and O–H groups in total. The van der Waals surface area contributed by atoms with Crippen LogP contribution in [0.4, 0.5) is 4.39 Å². The molecule has 0 aromatic heterocycles. The molecule has 1 saturated heterocycles. The molecule has 2 rings (SSSR count). The van der Waals surface area contributed by atoms with Crippen LogP contribution in [0.5, 0.6) is 5.75 Å². The van der Waals surface area contributed by atoms with Gasteiger partial charge in [-0.15, -0.1) is 0 Å². The van der Waals surface area contributed by atoms with Crippen molar-refractivity contribution in [3.63, 3.8) is 0 Å². The molecule has 4 heteroatoms. The molecule has 0 saturated carbocycles. The summed E-state index contributed by atoms with van der Waals surface area (Å²) in [6.45, 7) is 2.03. The molecule has 98 valence electrons. The van der Waals surface area contributed by atoms with Crippen LogP contribution in [0.1, 0.15) is 29.6 Å². The summed E-state index contributed by atoms with van der Waals surface area (Å²) < 4.78 is 18.3. The van der Waals surface area contributed by atoms with Crippen molar-refractivity contribution in [1.82, 2.24) is 5.32 Å². The highest BCUT2D eigenvalue weighted by Crippen LogP contribution is 2.20. The first kappa shape index (κ1) is 13.0. The Kier molecular flexibility index (Phi) is 4.31. The quantitative estimate of drug-likeness (QED) is 0.817. The molecular formula is C14H18FNO2. The molecular weight excluding hydrogens is 233 g/mol.